The third-order valence-corrected chi connectivity index (χ3v) is 7.85. The quantitative estimate of drug-likeness (QED) is 0.232. The Balaban J connectivity index is 1.62. The molecule has 7 heteroatoms. The molecule has 1 saturated heterocycles. The summed E-state index contributed by atoms with van der Waals surface area (Å²) in [6.45, 7) is 4.75. The van der Waals surface area contributed by atoms with E-state index in [0.717, 1.165) is 49.7 Å². The number of nitrogens with zero attached hydrogens (tertiary/aromatic N) is 1. The van der Waals surface area contributed by atoms with Crippen LogP contribution in [0.3, 0.4) is 0 Å². The molecule has 0 radical (unpaired) electrons. The molecular weight excluding hydrogens is 514 g/mol. The summed E-state index contributed by atoms with van der Waals surface area (Å²) in [5.74, 6) is 0.255. The number of rotatable bonds is 14. The van der Waals surface area contributed by atoms with Crippen LogP contribution in [0, 0.1) is 0 Å². The SMILES string of the molecule is CCCCC1(CCCC)NC([C@H](O)[C@H](Cc2ccccc2)NC(=O)Oc2ccccc2)C(=O)N1Cc1ccccc1. The first kappa shape index (κ1) is 30.3. The standard InChI is InChI=1S/C34H43N3O4/c1-3-5-22-34(23-6-4-2)36-30(32(39)37(34)25-27-18-12-8-13-19-27)31(38)29(24-26-16-10-7-11-17-26)35-33(40)41-28-20-14-9-15-21-28/h7-21,29-31,36,38H,3-6,22-25H2,1-2H3,(H,35,40)/t29-,30?,31+/m0/s1. The maximum atomic E-state index is 14.2. The molecule has 3 atom stereocenters. The van der Waals surface area contributed by atoms with Gasteiger partial charge in [-0.25, -0.2) is 4.79 Å². The molecule has 0 spiro atoms. The third-order valence-electron chi connectivity index (χ3n) is 7.85. The maximum Gasteiger partial charge on any atom is 0.412 e. The number of aliphatic hydroxyl groups excluding tert-OH is 1. The molecule has 0 bridgehead atoms. The number of amides is 2. The molecule has 218 valence electrons. The number of aliphatic hydroxyl groups is 1. The van der Waals surface area contributed by atoms with Crippen LogP contribution in [-0.4, -0.2) is 45.9 Å². The Kier molecular flexibility index (Phi) is 10.9. The Bertz CT molecular complexity index is 1210. The van der Waals surface area contributed by atoms with E-state index in [-0.39, 0.29) is 5.91 Å². The molecule has 1 aliphatic heterocycles. The zero-order chi connectivity index (χ0) is 29.1. The van der Waals surface area contributed by atoms with Crippen molar-refractivity contribution in [2.75, 3.05) is 0 Å². The van der Waals surface area contributed by atoms with E-state index in [0.29, 0.717) is 18.7 Å². The zero-order valence-corrected chi connectivity index (χ0v) is 24.2. The Morgan fingerprint density at radius 2 is 1.44 bits per heavy atom. The van der Waals surface area contributed by atoms with E-state index in [9.17, 15) is 14.7 Å². The topological polar surface area (TPSA) is 90.9 Å². The summed E-state index contributed by atoms with van der Waals surface area (Å²) < 4.78 is 5.49. The van der Waals surface area contributed by atoms with Crippen molar-refractivity contribution < 1.29 is 19.4 Å². The first-order chi connectivity index (χ1) is 20.0. The highest BCUT2D eigenvalue weighted by atomic mass is 16.6. The smallest absolute Gasteiger partial charge is 0.410 e. The van der Waals surface area contributed by atoms with Gasteiger partial charge >= 0.3 is 6.09 Å². The molecule has 1 aliphatic rings. The number of nitrogens with one attached hydrogen (secondary N) is 2. The van der Waals surface area contributed by atoms with Gasteiger partial charge in [0.2, 0.25) is 5.91 Å². The lowest BCUT2D eigenvalue weighted by Crippen LogP contribution is -2.57. The van der Waals surface area contributed by atoms with Crippen LogP contribution in [0.15, 0.2) is 91.0 Å². The number of hydrogen-bond donors (Lipinski definition) is 3. The van der Waals surface area contributed by atoms with E-state index in [4.69, 9.17) is 4.74 Å². The zero-order valence-electron chi connectivity index (χ0n) is 24.2. The number of benzene rings is 3. The Labute approximate surface area is 243 Å². The summed E-state index contributed by atoms with van der Waals surface area (Å²) in [7, 11) is 0. The monoisotopic (exact) mass is 557 g/mol. The van der Waals surface area contributed by atoms with Crippen molar-refractivity contribution in [1.82, 2.24) is 15.5 Å². The highest BCUT2D eigenvalue weighted by Gasteiger charge is 2.52. The summed E-state index contributed by atoms with van der Waals surface area (Å²) in [6, 6.07) is 26.8. The molecule has 7 nitrogen and oxygen atoms in total. The minimum absolute atomic E-state index is 0.148. The van der Waals surface area contributed by atoms with Crippen molar-refractivity contribution >= 4 is 12.0 Å². The van der Waals surface area contributed by atoms with Gasteiger partial charge in [0.15, 0.2) is 0 Å². The van der Waals surface area contributed by atoms with Gasteiger partial charge in [-0.05, 0) is 42.5 Å². The van der Waals surface area contributed by atoms with Gasteiger partial charge < -0.3 is 20.1 Å². The molecule has 3 N–H and O–H groups in total. The minimum Gasteiger partial charge on any atom is -0.410 e. The number of para-hydroxylation sites is 1. The highest BCUT2D eigenvalue weighted by molar-refractivity contribution is 5.86. The van der Waals surface area contributed by atoms with Gasteiger partial charge in [0, 0.05) is 6.54 Å². The van der Waals surface area contributed by atoms with Crippen LogP contribution in [0.2, 0.25) is 0 Å². The van der Waals surface area contributed by atoms with E-state index >= 15 is 0 Å². The summed E-state index contributed by atoms with van der Waals surface area (Å²) in [5, 5.41) is 18.3. The molecule has 4 rings (SSSR count). The summed E-state index contributed by atoms with van der Waals surface area (Å²) in [5.41, 5.74) is 1.40. The summed E-state index contributed by atoms with van der Waals surface area (Å²) in [6.07, 6.45) is 3.96. The number of carbonyl (C=O) groups is 2. The van der Waals surface area contributed by atoms with Crippen LogP contribution in [0.5, 0.6) is 5.75 Å². The Morgan fingerprint density at radius 3 is 2.00 bits per heavy atom. The number of ether oxygens (including phenoxy) is 1. The predicted molar refractivity (Wildman–Crippen MR) is 161 cm³/mol. The second kappa shape index (κ2) is 14.8. The fourth-order valence-electron chi connectivity index (χ4n) is 5.65. The van der Waals surface area contributed by atoms with Crippen LogP contribution in [0.4, 0.5) is 4.79 Å². The molecule has 1 heterocycles. The van der Waals surface area contributed by atoms with Crippen molar-refractivity contribution in [2.45, 2.75) is 89.2 Å². The van der Waals surface area contributed by atoms with Gasteiger partial charge in [0.1, 0.15) is 11.8 Å². The van der Waals surface area contributed by atoms with Crippen molar-refractivity contribution in [1.29, 1.82) is 0 Å². The van der Waals surface area contributed by atoms with E-state index in [1.165, 1.54) is 0 Å². The highest BCUT2D eigenvalue weighted by Crippen LogP contribution is 2.35. The van der Waals surface area contributed by atoms with Crippen molar-refractivity contribution in [3.63, 3.8) is 0 Å². The van der Waals surface area contributed by atoms with Crippen LogP contribution >= 0.6 is 0 Å². The van der Waals surface area contributed by atoms with Gasteiger partial charge in [-0.1, -0.05) is 118 Å². The fourth-order valence-corrected chi connectivity index (χ4v) is 5.65. The average molecular weight is 558 g/mol. The van der Waals surface area contributed by atoms with Crippen LogP contribution < -0.4 is 15.4 Å². The summed E-state index contributed by atoms with van der Waals surface area (Å²) >= 11 is 0. The molecule has 3 aromatic rings. The molecule has 2 amide bonds. The third kappa shape index (κ3) is 7.96. The molecule has 3 aromatic carbocycles. The van der Waals surface area contributed by atoms with Gasteiger partial charge in [-0.2, -0.15) is 0 Å². The maximum absolute atomic E-state index is 14.2. The van der Waals surface area contributed by atoms with E-state index in [1.807, 2.05) is 71.6 Å². The van der Waals surface area contributed by atoms with Crippen molar-refractivity contribution in [2.24, 2.45) is 0 Å². The van der Waals surface area contributed by atoms with Gasteiger partial charge in [-0.3, -0.25) is 10.1 Å². The van der Waals surface area contributed by atoms with E-state index in [2.05, 4.69) is 24.5 Å². The van der Waals surface area contributed by atoms with Gasteiger partial charge in [0.25, 0.3) is 0 Å². The normalized spacial score (nSPS) is 17.7. The first-order valence-corrected chi connectivity index (χ1v) is 14.8. The van der Waals surface area contributed by atoms with Gasteiger partial charge in [-0.15, -0.1) is 0 Å². The lowest BCUT2D eigenvalue weighted by Gasteiger charge is -2.39. The van der Waals surface area contributed by atoms with Crippen LogP contribution in [0.25, 0.3) is 0 Å². The Hall–Kier alpha value is -3.68. The lowest BCUT2D eigenvalue weighted by molar-refractivity contribution is -0.135. The van der Waals surface area contributed by atoms with E-state index < -0.39 is 29.9 Å². The number of carbonyl (C=O) groups excluding carboxylic acids is 2. The molecule has 1 unspecified atom stereocenters. The second-order valence-corrected chi connectivity index (χ2v) is 10.9. The van der Waals surface area contributed by atoms with Crippen LogP contribution in [0.1, 0.15) is 63.5 Å². The van der Waals surface area contributed by atoms with Crippen LogP contribution in [-0.2, 0) is 17.8 Å². The molecule has 0 aliphatic carbocycles. The lowest BCUT2D eigenvalue weighted by atomic mass is 9.94. The Morgan fingerprint density at radius 1 is 0.902 bits per heavy atom. The molecule has 41 heavy (non-hydrogen) atoms. The fraction of sp³-hybridized carbons (Fsp3) is 0.412. The first-order valence-electron chi connectivity index (χ1n) is 14.8. The van der Waals surface area contributed by atoms with Crippen molar-refractivity contribution in [3.8, 4) is 5.75 Å². The summed E-state index contributed by atoms with van der Waals surface area (Å²) in [4.78, 5) is 29.1. The molecule has 0 saturated carbocycles. The molecule has 0 aromatic heterocycles. The predicted octanol–water partition coefficient (Wildman–Crippen LogP) is 5.82. The molecular formula is C34H43N3O4. The largest absolute Gasteiger partial charge is 0.412 e. The second-order valence-electron chi connectivity index (χ2n) is 10.9. The molecule has 1 fully saturated rings. The van der Waals surface area contributed by atoms with Crippen molar-refractivity contribution in [3.05, 3.63) is 102 Å². The number of hydrogen-bond acceptors (Lipinski definition) is 5. The van der Waals surface area contributed by atoms with Gasteiger partial charge in [0.05, 0.1) is 17.8 Å². The average Bonchev–Trinajstić information content (AvgIpc) is 3.26. The van der Waals surface area contributed by atoms with E-state index in [1.54, 1.807) is 24.3 Å². The number of unbranched alkanes of at least 4 members (excludes halogenated alkanes) is 2. The minimum atomic E-state index is -1.19.